The standard InChI is InChI=1S/2C22H44O2/c2*1-3-5-7-8-9-10-11-12-13-14-15-16-17-18-20-21(22(23)24)19-6-4-2/h2*21H,3-20H2,1-2H3,(H,23,24). The Balaban J connectivity index is 0. The van der Waals surface area contributed by atoms with Crippen LogP contribution in [0.3, 0.4) is 0 Å². The molecule has 0 radical (unpaired) electrons. The summed E-state index contributed by atoms with van der Waals surface area (Å²) < 4.78 is 0. The van der Waals surface area contributed by atoms with Crippen LogP contribution in [-0.2, 0) is 9.59 Å². The van der Waals surface area contributed by atoms with E-state index in [1.165, 1.54) is 167 Å². The van der Waals surface area contributed by atoms with E-state index in [4.69, 9.17) is 0 Å². The number of carbonyl (C=O) groups is 2. The molecular weight excluding hydrogens is 592 g/mol. The van der Waals surface area contributed by atoms with Crippen LogP contribution in [0.1, 0.15) is 259 Å². The van der Waals surface area contributed by atoms with Gasteiger partial charge >= 0.3 is 11.9 Å². The fraction of sp³-hybridized carbons (Fsp3) is 0.955. The summed E-state index contributed by atoms with van der Waals surface area (Å²) in [6.45, 7) is 8.81. The van der Waals surface area contributed by atoms with Gasteiger partial charge in [-0.15, -0.1) is 0 Å². The number of aliphatic carboxylic acids is 2. The highest BCUT2D eigenvalue weighted by atomic mass is 16.4. The Labute approximate surface area is 301 Å². The molecule has 0 aliphatic heterocycles. The lowest BCUT2D eigenvalue weighted by molar-refractivity contribution is -0.143. The first-order valence-corrected chi connectivity index (χ1v) is 21.9. The van der Waals surface area contributed by atoms with Crippen LogP contribution in [0, 0.1) is 11.8 Å². The van der Waals surface area contributed by atoms with Crippen molar-refractivity contribution in [1.82, 2.24) is 0 Å². The predicted molar refractivity (Wildman–Crippen MR) is 211 cm³/mol. The molecule has 0 saturated heterocycles. The Morgan fingerprint density at radius 2 is 0.458 bits per heavy atom. The van der Waals surface area contributed by atoms with Gasteiger partial charge in [0.15, 0.2) is 0 Å². The molecule has 2 atom stereocenters. The molecule has 0 fully saturated rings. The van der Waals surface area contributed by atoms with Gasteiger partial charge in [-0.25, -0.2) is 0 Å². The van der Waals surface area contributed by atoms with Crippen molar-refractivity contribution in [2.45, 2.75) is 259 Å². The number of hydrogen-bond donors (Lipinski definition) is 2. The van der Waals surface area contributed by atoms with E-state index in [9.17, 15) is 19.8 Å². The third-order valence-corrected chi connectivity index (χ3v) is 10.3. The van der Waals surface area contributed by atoms with Crippen molar-refractivity contribution in [2.75, 3.05) is 0 Å². The first-order valence-electron chi connectivity index (χ1n) is 21.9. The zero-order valence-corrected chi connectivity index (χ0v) is 33.3. The molecule has 0 aromatic rings. The highest BCUT2D eigenvalue weighted by molar-refractivity contribution is 5.70. The summed E-state index contributed by atoms with van der Waals surface area (Å²) in [6, 6.07) is 0. The van der Waals surface area contributed by atoms with Gasteiger partial charge in [-0.1, -0.05) is 233 Å². The molecule has 48 heavy (non-hydrogen) atoms. The number of carboxylic acids is 2. The number of unbranched alkanes of at least 4 members (excludes halogenated alkanes) is 28. The van der Waals surface area contributed by atoms with Gasteiger partial charge in [0.05, 0.1) is 11.8 Å². The average molecular weight is 681 g/mol. The smallest absolute Gasteiger partial charge is 0.306 e. The lowest BCUT2D eigenvalue weighted by atomic mass is 9.95. The maximum Gasteiger partial charge on any atom is 0.306 e. The van der Waals surface area contributed by atoms with Crippen LogP contribution in [0.25, 0.3) is 0 Å². The van der Waals surface area contributed by atoms with Crippen LogP contribution >= 0.6 is 0 Å². The minimum Gasteiger partial charge on any atom is -0.481 e. The van der Waals surface area contributed by atoms with Gasteiger partial charge in [0, 0.05) is 0 Å². The lowest BCUT2D eigenvalue weighted by Gasteiger charge is -2.11. The van der Waals surface area contributed by atoms with E-state index in [0.29, 0.717) is 0 Å². The van der Waals surface area contributed by atoms with Crippen LogP contribution < -0.4 is 0 Å². The Morgan fingerprint density at radius 1 is 0.292 bits per heavy atom. The van der Waals surface area contributed by atoms with Crippen molar-refractivity contribution in [2.24, 2.45) is 11.8 Å². The van der Waals surface area contributed by atoms with Crippen LogP contribution in [0.15, 0.2) is 0 Å². The van der Waals surface area contributed by atoms with Crippen molar-refractivity contribution in [3.05, 3.63) is 0 Å². The van der Waals surface area contributed by atoms with Crippen molar-refractivity contribution < 1.29 is 19.8 Å². The van der Waals surface area contributed by atoms with Gasteiger partial charge in [-0.3, -0.25) is 9.59 Å². The van der Waals surface area contributed by atoms with Gasteiger partial charge < -0.3 is 10.2 Å². The topological polar surface area (TPSA) is 74.6 Å². The number of hydrogen-bond acceptors (Lipinski definition) is 2. The van der Waals surface area contributed by atoms with E-state index >= 15 is 0 Å². The van der Waals surface area contributed by atoms with E-state index in [0.717, 1.165) is 64.2 Å². The summed E-state index contributed by atoms with van der Waals surface area (Å²) >= 11 is 0. The van der Waals surface area contributed by atoms with Gasteiger partial charge in [-0.2, -0.15) is 0 Å². The summed E-state index contributed by atoms with van der Waals surface area (Å²) in [5.41, 5.74) is 0. The average Bonchev–Trinajstić information content (AvgIpc) is 3.07. The minimum absolute atomic E-state index is 0.0951. The Hall–Kier alpha value is -1.06. The zero-order chi connectivity index (χ0) is 35.8. The van der Waals surface area contributed by atoms with E-state index in [1.54, 1.807) is 0 Å². The van der Waals surface area contributed by atoms with Crippen LogP contribution in [0.4, 0.5) is 0 Å². The van der Waals surface area contributed by atoms with Gasteiger partial charge in [-0.05, 0) is 25.7 Å². The summed E-state index contributed by atoms with van der Waals surface area (Å²) in [5.74, 6) is -1.36. The normalized spacial score (nSPS) is 12.4. The number of rotatable bonds is 38. The predicted octanol–water partition coefficient (Wildman–Crippen LogP) is 15.5. The molecule has 4 heteroatoms. The van der Waals surface area contributed by atoms with Crippen molar-refractivity contribution in [1.29, 1.82) is 0 Å². The maximum atomic E-state index is 11.2. The Kier molecular flexibility index (Phi) is 43.0. The molecule has 2 unspecified atom stereocenters. The molecule has 0 saturated carbocycles. The minimum atomic E-state index is -0.585. The first kappa shape index (κ1) is 49.1. The molecule has 4 nitrogen and oxygen atoms in total. The Bertz CT molecular complexity index is 579. The molecule has 0 aliphatic carbocycles. The van der Waals surface area contributed by atoms with E-state index < -0.39 is 11.9 Å². The summed E-state index contributed by atoms with van der Waals surface area (Å²) in [6.07, 6.45) is 45.8. The zero-order valence-electron chi connectivity index (χ0n) is 33.3. The fourth-order valence-electron chi connectivity index (χ4n) is 6.85. The molecule has 0 aliphatic rings. The van der Waals surface area contributed by atoms with Crippen LogP contribution in [0.5, 0.6) is 0 Å². The maximum absolute atomic E-state index is 11.2. The van der Waals surface area contributed by atoms with Gasteiger partial charge in [0.25, 0.3) is 0 Å². The second-order valence-corrected chi connectivity index (χ2v) is 15.1. The molecule has 0 aromatic heterocycles. The molecule has 288 valence electrons. The summed E-state index contributed by atoms with van der Waals surface area (Å²) in [5, 5.41) is 18.4. The SMILES string of the molecule is CCCCCCCCCCCCCCCCC(CCCC)C(=O)O.CCCCCCCCCCCCCCCCC(CCCC)C(=O)O. The van der Waals surface area contributed by atoms with Crippen molar-refractivity contribution in [3.63, 3.8) is 0 Å². The molecule has 0 spiro atoms. The van der Waals surface area contributed by atoms with Crippen LogP contribution in [0.2, 0.25) is 0 Å². The van der Waals surface area contributed by atoms with Gasteiger partial charge in [0.2, 0.25) is 0 Å². The van der Waals surface area contributed by atoms with E-state index in [2.05, 4.69) is 27.7 Å². The summed E-state index contributed by atoms with van der Waals surface area (Å²) in [7, 11) is 0. The lowest BCUT2D eigenvalue weighted by Crippen LogP contribution is -2.13. The largest absolute Gasteiger partial charge is 0.481 e. The van der Waals surface area contributed by atoms with E-state index in [-0.39, 0.29) is 11.8 Å². The monoisotopic (exact) mass is 681 g/mol. The summed E-state index contributed by atoms with van der Waals surface area (Å²) in [4.78, 5) is 22.3. The van der Waals surface area contributed by atoms with E-state index in [1.807, 2.05) is 0 Å². The molecule has 0 rings (SSSR count). The molecule has 0 bridgehead atoms. The second-order valence-electron chi connectivity index (χ2n) is 15.1. The van der Waals surface area contributed by atoms with Crippen molar-refractivity contribution in [3.8, 4) is 0 Å². The third-order valence-electron chi connectivity index (χ3n) is 10.3. The first-order chi connectivity index (χ1) is 23.4. The molecule has 0 heterocycles. The Morgan fingerprint density at radius 3 is 0.646 bits per heavy atom. The fourth-order valence-corrected chi connectivity index (χ4v) is 6.85. The highest BCUT2D eigenvalue weighted by Gasteiger charge is 2.16. The van der Waals surface area contributed by atoms with Crippen LogP contribution in [-0.4, -0.2) is 22.2 Å². The highest BCUT2D eigenvalue weighted by Crippen LogP contribution is 2.20. The quantitative estimate of drug-likeness (QED) is 0.0636. The third kappa shape index (κ3) is 39.4. The molecule has 0 amide bonds. The number of carboxylic acid groups (broad SMARTS) is 2. The molecule has 2 N–H and O–H groups in total. The molecular formula is C44H88O4. The second kappa shape index (κ2) is 42.1. The van der Waals surface area contributed by atoms with Crippen molar-refractivity contribution >= 4 is 11.9 Å². The van der Waals surface area contributed by atoms with Gasteiger partial charge in [0.1, 0.15) is 0 Å². The molecule has 0 aromatic carbocycles.